The number of amides is 1. The van der Waals surface area contributed by atoms with Crippen LogP contribution in [0, 0.1) is 0 Å². The fraction of sp³-hybridized carbons (Fsp3) is 0.438. The summed E-state index contributed by atoms with van der Waals surface area (Å²) < 4.78 is 0.905. The first-order chi connectivity index (χ1) is 10.8. The SMILES string of the molecule is CCCSc1nnc(NC(=O)c2ccc3c(c2)CCCC3)s1. The fourth-order valence-corrected chi connectivity index (χ4v) is 4.22. The number of nitrogens with one attached hydrogen (secondary N) is 1. The van der Waals surface area contributed by atoms with Gasteiger partial charge in [0.05, 0.1) is 0 Å². The van der Waals surface area contributed by atoms with E-state index in [0.717, 1.165) is 29.4 Å². The highest BCUT2D eigenvalue weighted by atomic mass is 32.2. The summed E-state index contributed by atoms with van der Waals surface area (Å²) in [4.78, 5) is 12.3. The van der Waals surface area contributed by atoms with Gasteiger partial charge in [0.1, 0.15) is 0 Å². The number of thioether (sulfide) groups is 1. The Hall–Kier alpha value is -1.40. The molecule has 0 fully saturated rings. The fourth-order valence-electron chi connectivity index (χ4n) is 2.55. The lowest BCUT2D eigenvalue weighted by Gasteiger charge is -2.16. The summed E-state index contributed by atoms with van der Waals surface area (Å²) in [7, 11) is 0. The standard InChI is InChI=1S/C16H19N3OS2/c1-2-9-21-16-19-18-15(22-16)17-14(20)13-8-7-11-5-3-4-6-12(11)10-13/h7-8,10H,2-6,9H2,1H3,(H,17,18,20). The van der Waals surface area contributed by atoms with Crippen molar-refractivity contribution in [3.63, 3.8) is 0 Å². The maximum atomic E-state index is 12.3. The predicted molar refractivity (Wildman–Crippen MR) is 92.0 cm³/mol. The number of hydrogen-bond donors (Lipinski definition) is 1. The summed E-state index contributed by atoms with van der Waals surface area (Å²) in [5.74, 6) is 0.921. The number of benzene rings is 1. The lowest BCUT2D eigenvalue weighted by molar-refractivity contribution is 0.102. The lowest BCUT2D eigenvalue weighted by Crippen LogP contribution is -2.13. The van der Waals surface area contributed by atoms with E-state index in [1.165, 1.54) is 35.3 Å². The van der Waals surface area contributed by atoms with Gasteiger partial charge < -0.3 is 0 Å². The highest BCUT2D eigenvalue weighted by Crippen LogP contribution is 2.27. The van der Waals surface area contributed by atoms with Crippen molar-refractivity contribution in [3.05, 3.63) is 34.9 Å². The van der Waals surface area contributed by atoms with Crippen molar-refractivity contribution in [1.82, 2.24) is 10.2 Å². The minimum Gasteiger partial charge on any atom is -0.296 e. The molecular formula is C16H19N3OS2. The van der Waals surface area contributed by atoms with E-state index < -0.39 is 0 Å². The van der Waals surface area contributed by atoms with Crippen LogP contribution in [-0.4, -0.2) is 21.9 Å². The molecule has 1 aliphatic carbocycles. The van der Waals surface area contributed by atoms with Crippen molar-refractivity contribution in [1.29, 1.82) is 0 Å². The minimum atomic E-state index is -0.100. The highest BCUT2D eigenvalue weighted by Gasteiger charge is 2.14. The molecule has 0 saturated carbocycles. The molecule has 1 N–H and O–H groups in total. The second-order valence-electron chi connectivity index (χ2n) is 5.37. The molecule has 0 unspecified atom stereocenters. The van der Waals surface area contributed by atoms with Crippen LogP contribution in [0.4, 0.5) is 5.13 Å². The molecule has 2 aromatic rings. The number of anilines is 1. The van der Waals surface area contributed by atoms with Gasteiger partial charge in [-0.2, -0.15) is 0 Å². The topological polar surface area (TPSA) is 54.9 Å². The highest BCUT2D eigenvalue weighted by molar-refractivity contribution is 8.01. The van der Waals surface area contributed by atoms with Gasteiger partial charge in [0.2, 0.25) is 5.13 Å². The number of nitrogens with zero attached hydrogens (tertiary/aromatic N) is 2. The summed E-state index contributed by atoms with van der Waals surface area (Å²) in [6.45, 7) is 2.13. The Morgan fingerprint density at radius 3 is 2.91 bits per heavy atom. The second-order valence-corrected chi connectivity index (χ2v) is 7.69. The third-order valence-corrected chi connectivity index (χ3v) is 5.85. The molecule has 4 nitrogen and oxygen atoms in total. The van der Waals surface area contributed by atoms with Gasteiger partial charge in [-0.25, -0.2) is 0 Å². The molecule has 1 heterocycles. The molecule has 0 saturated heterocycles. The normalized spacial score (nSPS) is 13.7. The Labute approximate surface area is 138 Å². The van der Waals surface area contributed by atoms with Gasteiger partial charge in [0.15, 0.2) is 4.34 Å². The lowest BCUT2D eigenvalue weighted by atomic mass is 9.90. The summed E-state index contributed by atoms with van der Waals surface area (Å²) in [5, 5.41) is 11.6. The van der Waals surface area contributed by atoms with Crippen LogP contribution in [0.25, 0.3) is 0 Å². The summed E-state index contributed by atoms with van der Waals surface area (Å²) >= 11 is 3.11. The van der Waals surface area contributed by atoms with Crippen LogP contribution in [0.15, 0.2) is 22.5 Å². The van der Waals surface area contributed by atoms with Crippen LogP contribution in [0.3, 0.4) is 0 Å². The Kier molecular flexibility index (Phi) is 5.10. The predicted octanol–water partition coefficient (Wildman–Crippen LogP) is 4.17. The van der Waals surface area contributed by atoms with Gasteiger partial charge in [-0.05, 0) is 55.4 Å². The Morgan fingerprint density at radius 2 is 2.09 bits per heavy atom. The number of carbonyl (C=O) groups excluding carboxylic acids is 1. The molecule has 1 aliphatic rings. The van der Waals surface area contributed by atoms with E-state index in [4.69, 9.17) is 0 Å². The van der Waals surface area contributed by atoms with Gasteiger partial charge in [-0.1, -0.05) is 36.1 Å². The molecule has 0 bridgehead atoms. The van der Waals surface area contributed by atoms with E-state index in [-0.39, 0.29) is 5.91 Å². The van der Waals surface area contributed by atoms with Crippen LogP contribution in [-0.2, 0) is 12.8 Å². The molecule has 0 aliphatic heterocycles. The minimum absolute atomic E-state index is 0.100. The molecule has 116 valence electrons. The van der Waals surface area contributed by atoms with Crippen molar-refractivity contribution in [2.45, 2.75) is 43.4 Å². The number of aromatic nitrogens is 2. The summed E-state index contributed by atoms with van der Waals surface area (Å²) in [6.07, 6.45) is 5.77. The summed E-state index contributed by atoms with van der Waals surface area (Å²) in [5.41, 5.74) is 3.41. The van der Waals surface area contributed by atoms with Crippen LogP contribution >= 0.6 is 23.1 Å². The zero-order valence-corrected chi connectivity index (χ0v) is 14.2. The number of rotatable bonds is 5. The number of carbonyl (C=O) groups is 1. The van der Waals surface area contributed by atoms with E-state index in [9.17, 15) is 4.79 Å². The largest absolute Gasteiger partial charge is 0.296 e. The number of hydrogen-bond acceptors (Lipinski definition) is 5. The first-order valence-corrected chi connectivity index (χ1v) is 9.46. The molecule has 0 atom stereocenters. The third kappa shape index (κ3) is 3.67. The molecule has 0 radical (unpaired) electrons. The van der Waals surface area contributed by atoms with Gasteiger partial charge in [0.25, 0.3) is 5.91 Å². The maximum absolute atomic E-state index is 12.3. The summed E-state index contributed by atoms with van der Waals surface area (Å²) in [6, 6.07) is 6.02. The number of fused-ring (bicyclic) bond motifs is 1. The van der Waals surface area contributed by atoms with E-state index in [0.29, 0.717) is 10.7 Å². The second kappa shape index (κ2) is 7.24. The van der Waals surface area contributed by atoms with E-state index >= 15 is 0 Å². The van der Waals surface area contributed by atoms with E-state index in [1.54, 1.807) is 11.8 Å². The molecule has 1 aromatic heterocycles. The van der Waals surface area contributed by atoms with Gasteiger partial charge >= 0.3 is 0 Å². The van der Waals surface area contributed by atoms with Gasteiger partial charge in [0, 0.05) is 11.3 Å². The Morgan fingerprint density at radius 1 is 1.27 bits per heavy atom. The number of aryl methyl sites for hydroxylation is 2. The van der Waals surface area contributed by atoms with Crippen molar-refractivity contribution < 1.29 is 4.79 Å². The monoisotopic (exact) mass is 333 g/mol. The zero-order valence-electron chi connectivity index (χ0n) is 12.6. The van der Waals surface area contributed by atoms with Crippen LogP contribution < -0.4 is 5.32 Å². The van der Waals surface area contributed by atoms with Crippen LogP contribution in [0.2, 0.25) is 0 Å². The smallest absolute Gasteiger partial charge is 0.257 e. The average molecular weight is 333 g/mol. The average Bonchev–Trinajstić information content (AvgIpc) is 2.99. The van der Waals surface area contributed by atoms with Gasteiger partial charge in [-0.15, -0.1) is 10.2 Å². The molecule has 1 amide bonds. The van der Waals surface area contributed by atoms with Crippen LogP contribution in [0.5, 0.6) is 0 Å². The molecule has 22 heavy (non-hydrogen) atoms. The van der Waals surface area contributed by atoms with Crippen molar-refractivity contribution >= 4 is 34.1 Å². The van der Waals surface area contributed by atoms with Crippen molar-refractivity contribution in [2.24, 2.45) is 0 Å². The van der Waals surface area contributed by atoms with E-state index in [1.807, 2.05) is 12.1 Å². The zero-order chi connectivity index (χ0) is 15.4. The first-order valence-electron chi connectivity index (χ1n) is 7.65. The Balaban J connectivity index is 1.67. The quantitative estimate of drug-likeness (QED) is 0.659. The third-order valence-electron chi connectivity index (χ3n) is 3.67. The van der Waals surface area contributed by atoms with Crippen LogP contribution in [0.1, 0.15) is 47.7 Å². The molecular weight excluding hydrogens is 314 g/mol. The van der Waals surface area contributed by atoms with Crippen molar-refractivity contribution in [2.75, 3.05) is 11.1 Å². The molecule has 1 aromatic carbocycles. The maximum Gasteiger partial charge on any atom is 0.257 e. The molecule has 6 heteroatoms. The first kappa shape index (κ1) is 15.5. The van der Waals surface area contributed by atoms with Gasteiger partial charge in [-0.3, -0.25) is 10.1 Å². The Bertz CT molecular complexity index is 669. The molecule has 3 rings (SSSR count). The molecule has 0 spiro atoms. The van der Waals surface area contributed by atoms with E-state index in [2.05, 4.69) is 28.5 Å². The van der Waals surface area contributed by atoms with Crippen molar-refractivity contribution in [3.8, 4) is 0 Å².